The molecule has 8 heteroatoms. The lowest BCUT2D eigenvalue weighted by Gasteiger charge is -2.43. The zero-order valence-electron chi connectivity index (χ0n) is 16.0. The van der Waals surface area contributed by atoms with E-state index in [1.54, 1.807) is 4.90 Å². The van der Waals surface area contributed by atoms with E-state index in [2.05, 4.69) is 9.72 Å². The predicted molar refractivity (Wildman–Crippen MR) is 100 cm³/mol. The van der Waals surface area contributed by atoms with Crippen molar-refractivity contribution in [2.75, 3.05) is 27.9 Å². The number of hydrogen-bond acceptors (Lipinski definition) is 7. The van der Waals surface area contributed by atoms with Crippen LogP contribution in [0.5, 0.6) is 0 Å². The number of hydrogen-bond donors (Lipinski definition) is 1. The molecule has 8 nitrogen and oxygen atoms in total. The highest BCUT2D eigenvalue weighted by Crippen LogP contribution is 2.42. The van der Waals surface area contributed by atoms with E-state index in [0.717, 1.165) is 16.5 Å². The average molecular weight is 386 g/mol. The molecule has 1 aliphatic heterocycles. The number of esters is 3. The van der Waals surface area contributed by atoms with Crippen LogP contribution in [0.2, 0.25) is 0 Å². The Hall–Kier alpha value is -3.29. The van der Waals surface area contributed by atoms with Crippen molar-refractivity contribution in [2.24, 2.45) is 0 Å². The van der Waals surface area contributed by atoms with Crippen molar-refractivity contribution in [1.82, 2.24) is 9.88 Å². The van der Waals surface area contributed by atoms with E-state index in [9.17, 15) is 14.4 Å². The molecule has 0 amide bonds. The summed E-state index contributed by atoms with van der Waals surface area (Å²) >= 11 is 0. The lowest BCUT2D eigenvalue weighted by atomic mass is 9.82. The lowest BCUT2D eigenvalue weighted by Crippen LogP contribution is -2.55. The lowest BCUT2D eigenvalue weighted by molar-refractivity contribution is -0.162. The van der Waals surface area contributed by atoms with Crippen LogP contribution in [0, 0.1) is 0 Å². The van der Waals surface area contributed by atoms with Crippen molar-refractivity contribution >= 4 is 28.8 Å². The second-order valence-corrected chi connectivity index (χ2v) is 6.41. The molecule has 3 rings (SSSR count). The Bertz CT molecular complexity index is 947. The summed E-state index contributed by atoms with van der Waals surface area (Å²) < 4.78 is 14.6. The molecule has 0 fully saturated rings. The number of rotatable bonds is 5. The smallest absolute Gasteiger partial charge is 0.338 e. The molecule has 1 atom stereocenters. The Kier molecular flexibility index (Phi) is 5.39. The minimum absolute atomic E-state index is 0.276. The van der Waals surface area contributed by atoms with Gasteiger partial charge in [0.15, 0.2) is 5.54 Å². The Labute approximate surface area is 162 Å². The van der Waals surface area contributed by atoms with Crippen LogP contribution in [-0.2, 0) is 40.6 Å². The van der Waals surface area contributed by atoms with Crippen LogP contribution in [0.4, 0.5) is 0 Å². The number of aromatic amines is 1. The van der Waals surface area contributed by atoms with Crippen molar-refractivity contribution in [3.8, 4) is 0 Å². The third kappa shape index (κ3) is 3.11. The predicted octanol–water partition coefficient (Wildman–Crippen LogP) is 1.64. The average Bonchev–Trinajstić information content (AvgIpc) is 3.11. The van der Waals surface area contributed by atoms with Gasteiger partial charge in [-0.15, -0.1) is 0 Å². The summed E-state index contributed by atoms with van der Waals surface area (Å²) in [6.45, 7) is 0.397. The summed E-state index contributed by atoms with van der Waals surface area (Å²) in [5.74, 6) is -1.77. The van der Waals surface area contributed by atoms with Gasteiger partial charge in [0.25, 0.3) is 0 Å². The number of benzene rings is 1. The number of ether oxygens (including phenoxy) is 3. The first kappa shape index (κ1) is 19.5. The number of nitrogens with zero attached hydrogens (tertiary/aromatic N) is 1. The first-order valence-corrected chi connectivity index (χ1v) is 8.76. The van der Waals surface area contributed by atoms with Gasteiger partial charge in [-0.3, -0.25) is 4.79 Å². The Balaban J connectivity index is 2.24. The van der Waals surface area contributed by atoms with Gasteiger partial charge in [0.1, 0.15) is 0 Å². The number of carbonyl (C=O) groups is 3. The van der Waals surface area contributed by atoms with E-state index >= 15 is 0 Å². The van der Waals surface area contributed by atoms with Crippen molar-refractivity contribution < 1.29 is 28.6 Å². The molecule has 0 radical (unpaired) electrons. The fourth-order valence-corrected chi connectivity index (χ4v) is 3.73. The molecule has 0 aliphatic carbocycles. The van der Waals surface area contributed by atoms with Gasteiger partial charge in [-0.2, -0.15) is 0 Å². The van der Waals surface area contributed by atoms with E-state index in [1.165, 1.54) is 33.6 Å². The van der Waals surface area contributed by atoms with Crippen LogP contribution in [0.1, 0.15) is 17.7 Å². The van der Waals surface area contributed by atoms with Crippen LogP contribution in [0.15, 0.2) is 36.5 Å². The summed E-state index contributed by atoms with van der Waals surface area (Å²) in [6, 6.07) is 7.67. The van der Waals surface area contributed by atoms with E-state index in [4.69, 9.17) is 9.47 Å². The number of aromatic nitrogens is 1. The molecule has 1 aromatic heterocycles. The molecular weight excluding hydrogens is 364 g/mol. The largest absolute Gasteiger partial charge is 0.469 e. The fraction of sp³-hybridized carbons (Fsp3) is 0.350. The number of nitrogens with one attached hydrogen (secondary N) is 1. The van der Waals surface area contributed by atoms with Crippen molar-refractivity contribution in [3.05, 3.63) is 47.8 Å². The van der Waals surface area contributed by atoms with Crippen molar-refractivity contribution in [1.29, 1.82) is 0 Å². The van der Waals surface area contributed by atoms with Gasteiger partial charge in [-0.25, -0.2) is 9.59 Å². The van der Waals surface area contributed by atoms with E-state index in [-0.39, 0.29) is 6.42 Å². The Morgan fingerprint density at radius 2 is 1.89 bits per heavy atom. The Morgan fingerprint density at radius 1 is 1.14 bits per heavy atom. The number of carbonyl (C=O) groups excluding carboxylic acids is 3. The summed E-state index contributed by atoms with van der Waals surface area (Å²) in [7, 11) is 3.79. The number of H-pyrrole nitrogens is 1. The van der Waals surface area contributed by atoms with Crippen molar-refractivity contribution in [2.45, 2.75) is 18.4 Å². The molecule has 2 heterocycles. The molecule has 0 saturated carbocycles. The molecule has 2 aromatic rings. The zero-order chi connectivity index (χ0) is 20.3. The van der Waals surface area contributed by atoms with E-state index < -0.39 is 23.4 Å². The minimum atomic E-state index is -1.49. The highest BCUT2D eigenvalue weighted by molar-refractivity contribution is 5.93. The third-order valence-electron chi connectivity index (χ3n) is 5.06. The molecule has 148 valence electrons. The highest BCUT2D eigenvalue weighted by Gasteiger charge is 2.52. The topological polar surface area (TPSA) is 97.9 Å². The van der Waals surface area contributed by atoms with Gasteiger partial charge in [0.05, 0.1) is 33.4 Å². The van der Waals surface area contributed by atoms with Gasteiger partial charge >= 0.3 is 17.9 Å². The maximum atomic E-state index is 13.1. The van der Waals surface area contributed by atoms with Crippen molar-refractivity contribution in [3.63, 3.8) is 0 Å². The molecule has 1 unspecified atom stereocenters. The van der Waals surface area contributed by atoms with Crippen LogP contribution in [-0.4, -0.2) is 55.7 Å². The third-order valence-corrected chi connectivity index (χ3v) is 5.06. The molecular formula is C20H22N2O6. The maximum Gasteiger partial charge on any atom is 0.338 e. The first-order chi connectivity index (χ1) is 13.5. The normalized spacial score (nSPS) is 18.8. The molecule has 0 saturated heterocycles. The Morgan fingerprint density at radius 3 is 2.57 bits per heavy atom. The molecule has 28 heavy (non-hydrogen) atoms. The summed E-state index contributed by atoms with van der Waals surface area (Å²) in [4.78, 5) is 41.9. The maximum absolute atomic E-state index is 13.1. The molecule has 0 spiro atoms. The molecule has 1 aromatic carbocycles. The second kappa shape index (κ2) is 7.75. The van der Waals surface area contributed by atoms with Gasteiger partial charge in [-0.1, -0.05) is 18.2 Å². The fourth-order valence-electron chi connectivity index (χ4n) is 3.73. The monoisotopic (exact) mass is 386 g/mol. The zero-order valence-corrected chi connectivity index (χ0v) is 16.0. The second-order valence-electron chi connectivity index (χ2n) is 6.41. The van der Waals surface area contributed by atoms with E-state index in [1.807, 2.05) is 24.3 Å². The van der Waals surface area contributed by atoms with Crippen LogP contribution in [0.25, 0.3) is 10.9 Å². The molecule has 1 aliphatic rings. The van der Waals surface area contributed by atoms with Crippen LogP contribution in [0.3, 0.4) is 0 Å². The van der Waals surface area contributed by atoms with Crippen LogP contribution < -0.4 is 0 Å². The van der Waals surface area contributed by atoms with E-state index in [0.29, 0.717) is 18.7 Å². The summed E-state index contributed by atoms with van der Waals surface area (Å²) in [5.41, 5.74) is 0.864. The SMILES string of the molecule is COC(=O)/C=C/N1CCc2c([nH]c3ccccc23)C1(CC(=O)OC)C(=O)OC. The van der Waals surface area contributed by atoms with Gasteiger partial charge < -0.3 is 24.1 Å². The van der Waals surface area contributed by atoms with Gasteiger partial charge in [-0.05, 0) is 18.1 Å². The standard InChI is InChI=1S/C20H22N2O6/c1-26-16(23)9-11-22-10-8-14-13-6-4-5-7-15(13)21-18(14)20(22,19(25)28-3)12-17(24)27-2/h4-7,9,11,21H,8,10,12H2,1-3H3/b11-9+. The quantitative estimate of drug-likeness (QED) is 0.474. The number of fused-ring (bicyclic) bond motifs is 3. The summed E-state index contributed by atoms with van der Waals surface area (Å²) in [6.07, 6.45) is 3.01. The molecule has 1 N–H and O–H groups in total. The number of methoxy groups -OCH3 is 3. The molecule has 0 bridgehead atoms. The minimum Gasteiger partial charge on any atom is -0.469 e. The highest BCUT2D eigenvalue weighted by atomic mass is 16.5. The van der Waals surface area contributed by atoms with Gasteiger partial charge in [0.2, 0.25) is 0 Å². The summed E-state index contributed by atoms with van der Waals surface area (Å²) in [5, 5.41) is 0.979. The number of para-hydroxylation sites is 1. The van der Waals surface area contributed by atoms with Crippen LogP contribution >= 0.6 is 0 Å². The first-order valence-electron chi connectivity index (χ1n) is 8.76. The van der Waals surface area contributed by atoms with Gasteiger partial charge in [0, 0.05) is 29.7 Å².